The molecule has 1 N–H and O–H groups in total. The molecule has 0 spiro atoms. The normalized spacial score (nSPS) is 10.7. The van der Waals surface area contributed by atoms with Crippen LogP contribution >= 0.6 is 0 Å². The van der Waals surface area contributed by atoms with Crippen molar-refractivity contribution in [3.05, 3.63) is 54.1 Å². The van der Waals surface area contributed by atoms with Crippen molar-refractivity contribution in [1.29, 1.82) is 0 Å². The Labute approximate surface area is 104 Å². The smallest absolute Gasteiger partial charge is 0.122 e. The van der Waals surface area contributed by atoms with Crippen molar-refractivity contribution in [3.8, 4) is 5.75 Å². The van der Waals surface area contributed by atoms with Gasteiger partial charge in [0.2, 0.25) is 0 Å². The number of ether oxygens (including phenoxy) is 1. The number of aryl methyl sites for hydroxylation is 1. The highest BCUT2D eigenvalue weighted by Crippen LogP contribution is 2.20. The summed E-state index contributed by atoms with van der Waals surface area (Å²) in [6.07, 6.45) is 5.94. The average molecular weight is 231 g/mol. The molecule has 0 saturated carbocycles. The van der Waals surface area contributed by atoms with E-state index in [0.717, 1.165) is 18.8 Å². The number of hydrogen-bond donors (Lipinski definition) is 1. The van der Waals surface area contributed by atoms with E-state index in [2.05, 4.69) is 37.9 Å². The summed E-state index contributed by atoms with van der Waals surface area (Å²) in [5.41, 5.74) is 2.48. The second-order valence-electron chi connectivity index (χ2n) is 3.93. The molecule has 2 heteroatoms. The topological polar surface area (TPSA) is 21.3 Å². The van der Waals surface area contributed by atoms with Gasteiger partial charge in [0, 0.05) is 13.1 Å². The Balaban J connectivity index is 2.31. The summed E-state index contributed by atoms with van der Waals surface area (Å²) in [6.45, 7) is 10.1. The third kappa shape index (κ3) is 4.87. The molecule has 0 aliphatic rings. The fourth-order valence-corrected chi connectivity index (χ4v) is 1.44. The van der Waals surface area contributed by atoms with Gasteiger partial charge in [-0.25, -0.2) is 0 Å². The minimum Gasteiger partial charge on any atom is -0.489 e. The summed E-state index contributed by atoms with van der Waals surface area (Å²) in [7, 11) is 0. The second kappa shape index (κ2) is 7.69. The van der Waals surface area contributed by atoms with Gasteiger partial charge >= 0.3 is 0 Å². The molecule has 2 nitrogen and oxygen atoms in total. The van der Waals surface area contributed by atoms with Gasteiger partial charge in [0.15, 0.2) is 0 Å². The summed E-state index contributed by atoms with van der Waals surface area (Å²) in [5, 5.41) is 3.19. The second-order valence-corrected chi connectivity index (χ2v) is 3.93. The van der Waals surface area contributed by atoms with Gasteiger partial charge in [-0.3, -0.25) is 0 Å². The molecule has 0 radical (unpaired) electrons. The Morgan fingerprint density at radius 3 is 2.82 bits per heavy atom. The Kier molecular flexibility index (Phi) is 6.12. The van der Waals surface area contributed by atoms with Crippen LogP contribution in [0, 0.1) is 13.8 Å². The molecule has 1 aromatic rings. The minimum absolute atomic E-state index is 0.611. The van der Waals surface area contributed by atoms with Crippen molar-refractivity contribution in [2.75, 3.05) is 19.7 Å². The van der Waals surface area contributed by atoms with E-state index in [1.807, 2.05) is 24.3 Å². The number of rotatable bonds is 7. The van der Waals surface area contributed by atoms with Crippen molar-refractivity contribution in [3.63, 3.8) is 0 Å². The molecular formula is C15H21NO. The lowest BCUT2D eigenvalue weighted by Crippen LogP contribution is -2.12. The maximum atomic E-state index is 5.69. The summed E-state index contributed by atoms with van der Waals surface area (Å²) in [6, 6.07) is 6.12. The lowest BCUT2D eigenvalue weighted by molar-refractivity contribution is 0.359. The van der Waals surface area contributed by atoms with Crippen LogP contribution in [-0.2, 0) is 0 Å². The van der Waals surface area contributed by atoms with E-state index < -0.39 is 0 Å². The first-order valence-corrected chi connectivity index (χ1v) is 5.91. The third-order valence-corrected chi connectivity index (χ3v) is 2.61. The van der Waals surface area contributed by atoms with Gasteiger partial charge in [-0.15, -0.1) is 6.58 Å². The van der Waals surface area contributed by atoms with Crippen molar-refractivity contribution >= 4 is 0 Å². The molecule has 0 atom stereocenters. The lowest BCUT2D eigenvalue weighted by atomic mass is 10.1. The van der Waals surface area contributed by atoms with Crippen LogP contribution in [0.1, 0.15) is 11.1 Å². The van der Waals surface area contributed by atoms with Gasteiger partial charge in [0.1, 0.15) is 12.4 Å². The van der Waals surface area contributed by atoms with Gasteiger partial charge in [-0.1, -0.05) is 30.4 Å². The number of nitrogens with one attached hydrogen (secondary N) is 1. The van der Waals surface area contributed by atoms with Crippen LogP contribution in [0.25, 0.3) is 0 Å². The molecule has 0 heterocycles. The van der Waals surface area contributed by atoms with Gasteiger partial charge in [0.05, 0.1) is 0 Å². The fraction of sp³-hybridized carbons (Fsp3) is 0.333. The lowest BCUT2D eigenvalue weighted by Gasteiger charge is -2.08. The first kappa shape index (κ1) is 13.5. The van der Waals surface area contributed by atoms with E-state index in [0.29, 0.717) is 6.61 Å². The highest BCUT2D eigenvalue weighted by Gasteiger charge is 1.99. The van der Waals surface area contributed by atoms with Crippen molar-refractivity contribution in [2.24, 2.45) is 0 Å². The van der Waals surface area contributed by atoms with Crippen LogP contribution in [-0.4, -0.2) is 19.7 Å². The molecule has 0 saturated heterocycles. The van der Waals surface area contributed by atoms with Gasteiger partial charge in [-0.05, 0) is 31.0 Å². The van der Waals surface area contributed by atoms with E-state index in [1.165, 1.54) is 11.1 Å². The zero-order valence-electron chi connectivity index (χ0n) is 10.7. The molecule has 1 rings (SSSR count). The Morgan fingerprint density at radius 2 is 2.06 bits per heavy atom. The first-order valence-electron chi connectivity index (χ1n) is 5.91. The zero-order chi connectivity index (χ0) is 12.5. The standard InChI is InChI=1S/C15H21NO/c1-4-10-16-11-5-6-12-17-15-9-7-8-13(2)14(15)3/h4-9,16H,1,10-12H2,2-3H3/b6-5+. The fourth-order valence-electron chi connectivity index (χ4n) is 1.44. The molecule has 0 fully saturated rings. The van der Waals surface area contributed by atoms with Gasteiger partial charge in [0.25, 0.3) is 0 Å². The highest BCUT2D eigenvalue weighted by molar-refractivity contribution is 5.38. The predicted octanol–water partition coefficient (Wildman–Crippen LogP) is 3.01. The average Bonchev–Trinajstić information content (AvgIpc) is 2.33. The zero-order valence-corrected chi connectivity index (χ0v) is 10.7. The SMILES string of the molecule is C=CCNC/C=C/COc1cccc(C)c1C. The summed E-state index contributed by atoms with van der Waals surface area (Å²) < 4.78 is 5.69. The van der Waals surface area contributed by atoms with E-state index in [9.17, 15) is 0 Å². The van der Waals surface area contributed by atoms with Crippen molar-refractivity contribution < 1.29 is 4.74 Å². The predicted molar refractivity (Wildman–Crippen MR) is 73.6 cm³/mol. The molecule has 0 aromatic heterocycles. The van der Waals surface area contributed by atoms with Crippen molar-refractivity contribution in [2.45, 2.75) is 13.8 Å². The molecule has 0 aliphatic carbocycles. The van der Waals surface area contributed by atoms with Crippen LogP contribution in [0.5, 0.6) is 5.75 Å². The quantitative estimate of drug-likeness (QED) is 0.575. The van der Waals surface area contributed by atoms with E-state index in [-0.39, 0.29) is 0 Å². The Bertz CT molecular complexity index is 383. The molecule has 0 aliphatic heterocycles. The monoisotopic (exact) mass is 231 g/mol. The van der Waals surface area contributed by atoms with E-state index in [4.69, 9.17) is 4.74 Å². The number of benzene rings is 1. The Morgan fingerprint density at radius 1 is 1.24 bits per heavy atom. The molecule has 0 amide bonds. The summed E-state index contributed by atoms with van der Waals surface area (Å²) >= 11 is 0. The minimum atomic E-state index is 0.611. The highest BCUT2D eigenvalue weighted by atomic mass is 16.5. The van der Waals surface area contributed by atoms with Crippen LogP contribution in [0.4, 0.5) is 0 Å². The summed E-state index contributed by atoms with van der Waals surface area (Å²) in [5.74, 6) is 0.966. The molecule has 92 valence electrons. The number of hydrogen-bond acceptors (Lipinski definition) is 2. The Hall–Kier alpha value is -1.54. The first-order chi connectivity index (χ1) is 8.25. The molecular weight excluding hydrogens is 210 g/mol. The molecule has 0 bridgehead atoms. The van der Waals surface area contributed by atoms with Crippen molar-refractivity contribution in [1.82, 2.24) is 5.32 Å². The molecule has 17 heavy (non-hydrogen) atoms. The third-order valence-electron chi connectivity index (χ3n) is 2.61. The van der Waals surface area contributed by atoms with E-state index >= 15 is 0 Å². The van der Waals surface area contributed by atoms with Gasteiger partial charge < -0.3 is 10.1 Å². The van der Waals surface area contributed by atoms with E-state index in [1.54, 1.807) is 0 Å². The van der Waals surface area contributed by atoms with Crippen LogP contribution < -0.4 is 10.1 Å². The maximum Gasteiger partial charge on any atom is 0.122 e. The van der Waals surface area contributed by atoms with Gasteiger partial charge in [-0.2, -0.15) is 0 Å². The van der Waals surface area contributed by atoms with Crippen LogP contribution in [0.15, 0.2) is 43.0 Å². The summed E-state index contributed by atoms with van der Waals surface area (Å²) in [4.78, 5) is 0. The largest absolute Gasteiger partial charge is 0.489 e. The molecule has 0 unspecified atom stereocenters. The van der Waals surface area contributed by atoms with Crippen LogP contribution in [0.2, 0.25) is 0 Å². The van der Waals surface area contributed by atoms with Crippen LogP contribution in [0.3, 0.4) is 0 Å². The molecule has 1 aromatic carbocycles. The maximum absolute atomic E-state index is 5.69.